The maximum atomic E-state index is 5.84. The van der Waals surface area contributed by atoms with Crippen LogP contribution >= 0.6 is 0 Å². The van der Waals surface area contributed by atoms with Crippen molar-refractivity contribution < 1.29 is 14.2 Å². The van der Waals surface area contributed by atoms with Crippen LogP contribution in [-0.2, 0) is 14.2 Å². The van der Waals surface area contributed by atoms with Crippen LogP contribution < -0.4 is 0 Å². The first kappa shape index (κ1) is 12.9. The van der Waals surface area contributed by atoms with Gasteiger partial charge in [-0.15, -0.1) is 0 Å². The van der Waals surface area contributed by atoms with Gasteiger partial charge in [0.25, 0.3) is 0 Å². The summed E-state index contributed by atoms with van der Waals surface area (Å²) in [4.78, 5) is 2.61. The molecule has 3 rings (SSSR count). The van der Waals surface area contributed by atoms with Crippen molar-refractivity contribution in [3.05, 3.63) is 0 Å². The molecule has 3 aliphatic rings. The van der Waals surface area contributed by atoms with E-state index in [1.165, 1.54) is 12.8 Å². The third-order valence-corrected chi connectivity index (χ3v) is 4.49. The second-order valence-electron chi connectivity index (χ2n) is 6.55. The van der Waals surface area contributed by atoms with E-state index in [1.54, 1.807) is 0 Å². The second-order valence-corrected chi connectivity index (χ2v) is 6.55. The molecular weight excluding hydrogens is 230 g/mol. The van der Waals surface area contributed by atoms with Crippen molar-refractivity contribution in [1.82, 2.24) is 4.90 Å². The van der Waals surface area contributed by atoms with Crippen LogP contribution in [0.25, 0.3) is 0 Å². The van der Waals surface area contributed by atoms with Crippen LogP contribution in [0.5, 0.6) is 0 Å². The van der Waals surface area contributed by atoms with Crippen LogP contribution in [0.4, 0.5) is 0 Å². The average Bonchev–Trinajstić information content (AvgIpc) is 3.06. The molecule has 1 aliphatic carbocycles. The minimum absolute atomic E-state index is 0.186. The number of nitrogens with zero attached hydrogens (tertiary/aromatic N) is 1. The molecule has 2 heterocycles. The standard InChI is InChI=1S/C14H25NO3/c1-12(2)18-8-13(3-4-13)7-15-5-6-16-9-14(15)10-17-11-14/h12H,3-11H2,1-2H3. The van der Waals surface area contributed by atoms with Crippen molar-refractivity contribution in [3.63, 3.8) is 0 Å². The molecular formula is C14H25NO3. The first-order chi connectivity index (χ1) is 8.64. The Labute approximate surface area is 110 Å². The topological polar surface area (TPSA) is 30.9 Å². The average molecular weight is 255 g/mol. The minimum atomic E-state index is 0.186. The van der Waals surface area contributed by atoms with Gasteiger partial charge in [0.15, 0.2) is 0 Å². The van der Waals surface area contributed by atoms with Gasteiger partial charge in [-0.25, -0.2) is 0 Å². The fourth-order valence-electron chi connectivity index (χ4n) is 2.89. The van der Waals surface area contributed by atoms with Gasteiger partial charge < -0.3 is 14.2 Å². The van der Waals surface area contributed by atoms with E-state index in [0.29, 0.717) is 11.5 Å². The Morgan fingerprint density at radius 1 is 1.17 bits per heavy atom. The Bertz CT molecular complexity index is 297. The molecule has 2 saturated heterocycles. The summed E-state index contributed by atoms with van der Waals surface area (Å²) in [6.45, 7) is 10.7. The van der Waals surface area contributed by atoms with E-state index in [0.717, 1.165) is 46.1 Å². The van der Waals surface area contributed by atoms with E-state index in [4.69, 9.17) is 14.2 Å². The van der Waals surface area contributed by atoms with Gasteiger partial charge in [0, 0.05) is 18.5 Å². The van der Waals surface area contributed by atoms with Gasteiger partial charge in [-0.2, -0.15) is 0 Å². The smallest absolute Gasteiger partial charge is 0.0915 e. The molecule has 0 aromatic rings. The molecule has 104 valence electrons. The summed E-state index contributed by atoms with van der Waals surface area (Å²) in [7, 11) is 0. The summed E-state index contributed by atoms with van der Waals surface area (Å²) in [6.07, 6.45) is 2.97. The molecule has 1 spiro atoms. The third-order valence-electron chi connectivity index (χ3n) is 4.49. The molecule has 1 saturated carbocycles. The molecule has 4 nitrogen and oxygen atoms in total. The van der Waals surface area contributed by atoms with Crippen LogP contribution in [0.1, 0.15) is 26.7 Å². The van der Waals surface area contributed by atoms with Gasteiger partial charge in [0.1, 0.15) is 0 Å². The predicted molar refractivity (Wildman–Crippen MR) is 68.7 cm³/mol. The molecule has 0 bridgehead atoms. The maximum absolute atomic E-state index is 5.84. The zero-order chi connectivity index (χ0) is 12.6. The zero-order valence-corrected chi connectivity index (χ0v) is 11.6. The Hall–Kier alpha value is -0.160. The summed E-state index contributed by atoms with van der Waals surface area (Å²) >= 11 is 0. The number of morpholine rings is 1. The highest BCUT2D eigenvalue weighted by atomic mass is 16.5. The lowest BCUT2D eigenvalue weighted by molar-refractivity contribution is -0.202. The minimum Gasteiger partial charge on any atom is -0.378 e. The fraction of sp³-hybridized carbons (Fsp3) is 1.00. The highest BCUT2D eigenvalue weighted by Gasteiger charge is 2.52. The summed E-state index contributed by atoms with van der Waals surface area (Å²) < 4.78 is 16.9. The van der Waals surface area contributed by atoms with Crippen LogP contribution in [0.2, 0.25) is 0 Å². The lowest BCUT2D eigenvalue weighted by Crippen LogP contribution is -2.68. The number of ether oxygens (including phenoxy) is 3. The van der Waals surface area contributed by atoms with E-state index in [2.05, 4.69) is 18.7 Å². The Morgan fingerprint density at radius 3 is 2.44 bits per heavy atom. The Kier molecular flexibility index (Phi) is 3.39. The number of hydrogen-bond acceptors (Lipinski definition) is 4. The predicted octanol–water partition coefficient (Wildman–Crippen LogP) is 1.29. The molecule has 18 heavy (non-hydrogen) atoms. The van der Waals surface area contributed by atoms with Crippen LogP contribution in [0.3, 0.4) is 0 Å². The van der Waals surface area contributed by atoms with Crippen molar-refractivity contribution >= 4 is 0 Å². The molecule has 2 aliphatic heterocycles. The van der Waals surface area contributed by atoms with E-state index >= 15 is 0 Å². The van der Waals surface area contributed by atoms with Crippen molar-refractivity contribution in [2.75, 3.05) is 46.1 Å². The lowest BCUT2D eigenvalue weighted by Gasteiger charge is -2.52. The molecule has 0 atom stereocenters. The normalized spacial score (nSPS) is 29.5. The number of hydrogen-bond donors (Lipinski definition) is 0. The van der Waals surface area contributed by atoms with Crippen LogP contribution in [0.15, 0.2) is 0 Å². The first-order valence-corrected chi connectivity index (χ1v) is 7.16. The summed E-state index contributed by atoms with van der Waals surface area (Å²) in [5.41, 5.74) is 0.607. The van der Waals surface area contributed by atoms with Crippen molar-refractivity contribution in [1.29, 1.82) is 0 Å². The van der Waals surface area contributed by atoms with Crippen molar-refractivity contribution in [2.45, 2.75) is 38.3 Å². The van der Waals surface area contributed by atoms with Gasteiger partial charge in [0.05, 0.1) is 44.7 Å². The molecule has 0 aromatic carbocycles. The number of rotatable bonds is 5. The molecule has 0 N–H and O–H groups in total. The van der Waals surface area contributed by atoms with Crippen molar-refractivity contribution in [3.8, 4) is 0 Å². The van der Waals surface area contributed by atoms with Gasteiger partial charge in [-0.1, -0.05) is 0 Å². The molecule has 3 fully saturated rings. The van der Waals surface area contributed by atoms with E-state index in [9.17, 15) is 0 Å². The summed E-state index contributed by atoms with van der Waals surface area (Å²) in [5, 5.41) is 0. The summed E-state index contributed by atoms with van der Waals surface area (Å²) in [6, 6.07) is 0. The SMILES string of the molecule is CC(C)OCC1(CN2CCOCC23COC3)CC1. The van der Waals surface area contributed by atoms with E-state index in [-0.39, 0.29) is 5.54 Å². The molecule has 0 amide bonds. The van der Waals surface area contributed by atoms with Gasteiger partial charge >= 0.3 is 0 Å². The molecule has 0 radical (unpaired) electrons. The van der Waals surface area contributed by atoms with E-state index < -0.39 is 0 Å². The van der Waals surface area contributed by atoms with Crippen LogP contribution in [0, 0.1) is 5.41 Å². The summed E-state index contributed by atoms with van der Waals surface area (Å²) in [5.74, 6) is 0. The molecule has 4 heteroatoms. The monoisotopic (exact) mass is 255 g/mol. The van der Waals surface area contributed by atoms with Crippen LogP contribution in [-0.4, -0.2) is 62.7 Å². The Morgan fingerprint density at radius 2 is 1.89 bits per heavy atom. The maximum Gasteiger partial charge on any atom is 0.0915 e. The highest BCUT2D eigenvalue weighted by molar-refractivity contribution is 5.04. The largest absolute Gasteiger partial charge is 0.378 e. The second kappa shape index (κ2) is 4.75. The molecule has 0 aromatic heterocycles. The van der Waals surface area contributed by atoms with E-state index in [1.807, 2.05) is 0 Å². The quantitative estimate of drug-likeness (QED) is 0.741. The van der Waals surface area contributed by atoms with Crippen molar-refractivity contribution in [2.24, 2.45) is 5.41 Å². The lowest BCUT2D eigenvalue weighted by atomic mass is 9.92. The molecule has 0 unspecified atom stereocenters. The Balaban J connectivity index is 1.57. The third kappa shape index (κ3) is 2.44. The first-order valence-electron chi connectivity index (χ1n) is 7.16. The zero-order valence-electron chi connectivity index (χ0n) is 11.6. The van der Waals surface area contributed by atoms with Gasteiger partial charge in [-0.3, -0.25) is 4.90 Å². The van der Waals surface area contributed by atoms with Gasteiger partial charge in [0.2, 0.25) is 0 Å². The van der Waals surface area contributed by atoms with Gasteiger partial charge in [-0.05, 0) is 26.7 Å². The highest BCUT2D eigenvalue weighted by Crippen LogP contribution is 2.48. The fourth-order valence-corrected chi connectivity index (χ4v) is 2.89.